The van der Waals surface area contributed by atoms with Crippen molar-refractivity contribution in [3.8, 4) is 0 Å². The summed E-state index contributed by atoms with van der Waals surface area (Å²) in [6.07, 6.45) is 0. The third-order valence-electron chi connectivity index (χ3n) is 1.80. The molecule has 0 atom stereocenters. The lowest BCUT2D eigenvalue weighted by Crippen LogP contribution is -2.29. The Morgan fingerprint density at radius 3 is 2.56 bits per heavy atom. The van der Waals surface area contributed by atoms with Gasteiger partial charge >= 0.3 is 7.12 Å². The largest absolute Gasteiger partial charge is 0.488 e. The van der Waals surface area contributed by atoms with Gasteiger partial charge in [0.05, 0.1) is 6.61 Å². The highest BCUT2D eigenvalue weighted by Crippen LogP contribution is 2.22. The molecule has 0 bridgehead atoms. The molecule has 0 aliphatic heterocycles. The minimum absolute atomic E-state index is 0.126. The third kappa shape index (κ3) is 5.03. The number of hydrogen-bond acceptors (Lipinski definition) is 4. The van der Waals surface area contributed by atoms with Crippen LogP contribution < -0.4 is 5.46 Å². The minimum atomic E-state index is -1.43. The molecule has 0 spiro atoms. The number of benzene rings is 1. The summed E-state index contributed by atoms with van der Waals surface area (Å²) in [5.74, 6) is 0. The second kappa shape index (κ2) is 5.73. The van der Waals surface area contributed by atoms with Crippen LogP contribution in [0.2, 0.25) is 0 Å². The Labute approximate surface area is 101 Å². The van der Waals surface area contributed by atoms with E-state index in [-0.39, 0.29) is 5.41 Å². The zero-order valence-electron chi connectivity index (χ0n) is 9.80. The molecule has 16 heavy (non-hydrogen) atoms. The van der Waals surface area contributed by atoms with Crippen molar-refractivity contribution in [3.63, 3.8) is 0 Å². The highest BCUT2D eigenvalue weighted by atomic mass is 32.2. The SMILES string of the molecule is CC(C)(C)COSc1cccc(B(O)O)c1. The first-order valence-electron chi connectivity index (χ1n) is 5.14. The highest BCUT2D eigenvalue weighted by molar-refractivity contribution is 7.94. The fourth-order valence-corrected chi connectivity index (χ4v) is 1.87. The van der Waals surface area contributed by atoms with Gasteiger partial charge in [0.2, 0.25) is 0 Å². The van der Waals surface area contributed by atoms with Gasteiger partial charge in [-0.2, -0.15) is 0 Å². The summed E-state index contributed by atoms with van der Waals surface area (Å²) in [5.41, 5.74) is 0.602. The van der Waals surface area contributed by atoms with Gasteiger partial charge in [-0.3, -0.25) is 0 Å². The van der Waals surface area contributed by atoms with Gasteiger partial charge in [0.15, 0.2) is 0 Å². The molecule has 0 aromatic heterocycles. The molecular weight excluding hydrogens is 223 g/mol. The van der Waals surface area contributed by atoms with Crippen molar-refractivity contribution in [2.45, 2.75) is 25.7 Å². The Bertz CT molecular complexity index is 336. The Kier molecular flexibility index (Phi) is 4.86. The van der Waals surface area contributed by atoms with E-state index in [1.807, 2.05) is 6.07 Å². The predicted octanol–water partition coefficient (Wildman–Crippen LogP) is 1.44. The molecule has 0 amide bonds. The van der Waals surface area contributed by atoms with E-state index >= 15 is 0 Å². The third-order valence-corrected chi connectivity index (χ3v) is 2.49. The van der Waals surface area contributed by atoms with Crippen LogP contribution in [0.5, 0.6) is 0 Å². The fraction of sp³-hybridized carbons (Fsp3) is 0.455. The first-order chi connectivity index (χ1) is 7.38. The molecule has 1 aromatic rings. The van der Waals surface area contributed by atoms with E-state index in [1.54, 1.807) is 18.2 Å². The highest BCUT2D eigenvalue weighted by Gasteiger charge is 2.13. The zero-order chi connectivity index (χ0) is 12.2. The Morgan fingerprint density at radius 1 is 1.31 bits per heavy atom. The molecule has 0 saturated heterocycles. The topological polar surface area (TPSA) is 49.7 Å². The summed E-state index contributed by atoms with van der Waals surface area (Å²) in [6.45, 7) is 6.94. The summed E-state index contributed by atoms with van der Waals surface area (Å²) in [5, 5.41) is 18.0. The molecule has 0 aliphatic rings. The van der Waals surface area contributed by atoms with Crippen LogP contribution in [0.1, 0.15) is 20.8 Å². The molecule has 0 heterocycles. The summed E-state index contributed by atoms with van der Waals surface area (Å²) in [4.78, 5) is 0.870. The average molecular weight is 240 g/mol. The average Bonchev–Trinajstić information content (AvgIpc) is 2.16. The first-order valence-corrected chi connectivity index (χ1v) is 5.88. The molecule has 5 heteroatoms. The van der Waals surface area contributed by atoms with E-state index in [0.29, 0.717) is 12.1 Å². The predicted molar refractivity (Wildman–Crippen MR) is 67.5 cm³/mol. The van der Waals surface area contributed by atoms with Gasteiger partial charge in [-0.1, -0.05) is 32.9 Å². The summed E-state index contributed by atoms with van der Waals surface area (Å²) in [7, 11) is -1.43. The fourth-order valence-electron chi connectivity index (χ4n) is 1.00. The van der Waals surface area contributed by atoms with E-state index in [2.05, 4.69) is 20.8 Å². The van der Waals surface area contributed by atoms with E-state index in [1.165, 1.54) is 12.0 Å². The van der Waals surface area contributed by atoms with Gasteiger partial charge in [0.25, 0.3) is 0 Å². The molecule has 0 aliphatic carbocycles. The van der Waals surface area contributed by atoms with Crippen molar-refractivity contribution >= 4 is 24.6 Å². The lowest BCUT2D eigenvalue weighted by molar-refractivity contribution is 0.227. The van der Waals surface area contributed by atoms with E-state index in [0.717, 1.165) is 4.90 Å². The number of rotatable bonds is 4. The van der Waals surface area contributed by atoms with Crippen LogP contribution in [-0.4, -0.2) is 23.8 Å². The normalized spacial score (nSPS) is 11.6. The van der Waals surface area contributed by atoms with Crippen LogP contribution in [0, 0.1) is 5.41 Å². The Balaban J connectivity index is 2.51. The summed E-state index contributed by atoms with van der Waals surface area (Å²) in [6, 6.07) is 7.02. The van der Waals surface area contributed by atoms with Gasteiger partial charge in [-0.15, -0.1) is 0 Å². The Morgan fingerprint density at radius 2 is 2.00 bits per heavy atom. The molecule has 0 unspecified atom stereocenters. The molecule has 1 aromatic carbocycles. The van der Waals surface area contributed by atoms with Crippen LogP contribution in [0.15, 0.2) is 29.2 Å². The second-order valence-corrected chi connectivity index (χ2v) is 5.73. The van der Waals surface area contributed by atoms with Crippen molar-refractivity contribution in [1.82, 2.24) is 0 Å². The van der Waals surface area contributed by atoms with Gasteiger partial charge in [0.1, 0.15) is 0 Å². The van der Waals surface area contributed by atoms with Crippen molar-refractivity contribution < 1.29 is 14.2 Å². The molecule has 2 N–H and O–H groups in total. The van der Waals surface area contributed by atoms with Crippen LogP contribution in [0.25, 0.3) is 0 Å². The summed E-state index contributed by atoms with van der Waals surface area (Å²) < 4.78 is 5.47. The van der Waals surface area contributed by atoms with E-state index in [9.17, 15) is 0 Å². The van der Waals surface area contributed by atoms with Crippen LogP contribution in [-0.2, 0) is 4.18 Å². The molecule has 0 saturated carbocycles. The van der Waals surface area contributed by atoms with Gasteiger partial charge in [-0.05, 0) is 23.0 Å². The van der Waals surface area contributed by atoms with Crippen molar-refractivity contribution in [3.05, 3.63) is 24.3 Å². The van der Waals surface area contributed by atoms with E-state index in [4.69, 9.17) is 14.2 Å². The second-order valence-electron chi connectivity index (χ2n) is 4.85. The maximum atomic E-state index is 9.01. The minimum Gasteiger partial charge on any atom is -0.423 e. The standard InChI is InChI=1S/C11H17BO3S/c1-11(2,3)8-15-16-10-6-4-5-9(7-10)12(13)14/h4-7,13-14H,8H2,1-3H3. The van der Waals surface area contributed by atoms with Gasteiger partial charge < -0.3 is 14.2 Å². The zero-order valence-corrected chi connectivity index (χ0v) is 10.6. The van der Waals surface area contributed by atoms with Crippen molar-refractivity contribution in [2.24, 2.45) is 5.41 Å². The molecular formula is C11H17BO3S. The molecule has 0 fully saturated rings. The van der Waals surface area contributed by atoms with Gasteiger partial charge in [-0.25, -0.2) is 0 Å². The van der Waals surface area contributed by atoms with Crippen LogP contribution in [0.3, 0.4) is 0 Å². The van der Waals surface area contributed by atoms with Gasteiger partial charge in [0, 0.05) is 16.9 Å². The smallest absolute Gasteiger partial charge is 0.423 e. The maximum Gasteiger partial charge on any atom is 0.488 e. The van der Waals surface area contributed by atoms with Crippen molar-refractivity contribution in [2.75, 3.05) is 6.61 Å². The molecule has 3 nitrogen and oxygen atoms in total. The molecule has 1 rings (SSSR count). The van der Waals surface area contributed by atoms with Crippen LogP contribution >= 0.6 is 12.0 Å². The number of hydrogen-bond donors (Lipinski definition) is 2. The van der Waals surface area contributed by atoms with Crippen LogP contribution in [0.4, 0.5) is 0 Å². The maximum absolute atomic E-state index is 9.01. The lowest BCUT2D eigenvalue weighted by atomic mass is 9.81. The van der Waals surface area contributed by atoms with Crippen molar-refractivity contribution in [1.29, 1.82) is 0 Å². The molecule has 0 radical (unpaired) electrons. The monoisotopic (exact) mass is 240 g/mol. The molecule has 88 valence electrons. The quantitative estimate of drug-likeness (QED) is 0.617. The summed E-state index contributed by atoms with van der Waals surface area (Å²) >= 11 is 1.26. The van der Waals surface area contributed by atoms with E-state index < -0.39 is 7.12 Å². The lowest BCUT2D eigenvalue weighted by Gasteiger charge is -2.16. The first kappa shape index (κ1) is 13.6. The Hall–Kier alpha value is -0.485.